The van der Waals surface area contributed by atoms with Crippen LogP contribution in [0.4, 0.5) is 5.69 Å². The van der Waals surface area contributed by atoms with Gasteiger partial charge in [-0.1, -0.05) is 64.6 Å². The first-order valence-corrected chi connectivity index (χ1v) is 12.2. The van der Waals surface area contributed by atoms with Crippen LogP contribution in [0.25, 0.3) is 0 Å². The predicted octanol–water partition coefficient (Wildman–Crippen LogP) is 6.22. The number of hydrogen-bond donors (Lipinski definition) is 1. The van der Waals surface area contributed by atoms with Crippen LogP contribution < -0.4 is 10.4 Å². The zero-order valence-corrected chi connectivity index (χ0v) is 20.4. The molecule has 0 aromatic heterocycles. The quantitative estimate of drug-likeness (QED) is 0.506. The number of nitrogens with zero attached hydrogens (tertiary/aromatic N) is 3. The molecule has 8 heteroatoms. The van der Waals surface area contributed by atoms with Crippen molar-refractivity contribution in [1.29, 1.82) is 0 Å². The number of amides is 1. The molecule has 0 bridgehead atoms. The second kappa shape index (κ2) is 9.90. The minimum atomic E-state index is -0.140. The molecule has 5 nitrogen and oxygen atoms in total. The summed E-state index contributed by atoms with van der Waals surface area (Å²) in [5.74, 6) is -0.207. The first-order valence-electron chi connectivity index (χ1n) is 10.6. The van der Waals surface area contributed by atoms with Gasteiger partial charge in [0.1, 0.15) is 5.71 Å². The molecule has 1 amide bonds. The van der Waals surface area contributed by atoms with Crippen LogP contribution in [0.15, 0.2) is 52.0 Å². The molecule has 4 rings (SSSR count). The molecule has 2 aromatic carbocycles. The molecule has 1 N–H and O–H groups in total. The van der Waals surface area contributed by atoms with Crippen LogP contribution in [-0.2, 0) is 4.79 Å². The summed E-state index contributed by atoms with van der Waals surface area (Å²) in [7, 11) is 0. The molecular formula is C23H25BrCl2N4O. The van der Waals surface area contributed by atoms with E-state index in [0.29, 0.717) is 15.8 Å². The molecule has 0 spiro atoms. The van der Waals surface area contributed by atoms with Gasteiger partial charge in [0.15, 0.2) is 0 Å². The zero-order valence-electron chi connectivity index (χ0n) is 17.3. The van der Waals surface area contributed by atoms with E-state index in [0.717, 1.165) is 48.1 Å². The number of hydrazine groups is 1. The fraction of sp³-hybridized carbons (Fsp3) is 0.391. The second-order valence-electron chi connectivity index (χ2n) is 7.93. The Hall–Kier alpha value is -1.60. The molecule has 2 atom stereocenters. The summed E-state index contributed by atoms with van der Waals surface area (Å²) in [6, 6.07) is 13.4. The lowest BCUT2D eigenvalue weighted by Gasteiger charge is -2.29. The lowest BCUT2D eigenvalue weighted by molar-refractivity contribution is -0.120. The second-order valence-corrected chi connectivity index (χ2v) is 9.68. The van der Waals surface area contributed by atoms with Gasteiger partial charge in [0, 0.05) is 28.5 Å². The third-order valence-electron chi connectivity index (χ3n) is 5.87. The Morgan fingerprint density at radius 1 is 1.13 bits per heavy atom. The molecule has 0 radical (unpaired) electrons. The summed E-state index contributed by atoms with van der Waals surface area (Å²) < 4.78 is 1.00. The third-order valence-corrected chi connectivity index (χ3v) is 6.93. The largest absolute Gasteiger partial charge is 0.284 e. The molecule has 0 saturated carbocycles. The van der Waals surface area contributed by atoms with Crippen LogP contribution >= 0.6 is 39.1 Å². The summed E-state index contributed by atoms with van der Waals surface area (Å²) in [5.41, 5.74) is 5.42. The van der Waals surface area contributed by atoms with Crippen LogP contribution in [0.5, 0.6) is 0 Å². The van der Waals surface area contributed by atoms with Crippen molar-refractivity contribution < 1.29 is 4.79 Å². The minimum Gasteiger partial charge on any atom is -0.284 e. The molecule has 1 saturated heterocycles. The monoisotopic (exact) mass is 522 g/mol. The number of benzene rings is 2. The Labute approximate surface area is 201 Å². The predicted molar refractivity (Wildman–Crippen MR) is 131 cm³/mol. The van der Waals surface area contributed by atoms with Crippen LogP contribution in [0.3, 0.4) is 0 Å². The first kappa shape index (κ1) is 22.6. The summed E-state index contributed by atoms with van der Waals surface area (Å²) in [6.07, 6.45) is 4.17. The van der Waals surface area contributed by atoms with Gasteiger partial charge < -0.3 is 0 Å². The number of hydrogen-bond acceptors (Lipinski definition) is 4. The van der Waals surface area contributed by atoms with E-state index in [4.69, 9.17) is 28.3 Å². The van der Waals surface area contributed by atoms with E-state index in [9.17, 15) is 4.79 Å². The number of carbonyl (C=O) groups excluding carboxylic acids is 1. The molecule has 2 heterocycles. The van der Waals surface area contributed by atoms with Crippen molar-refractivity contribution >= 4 is 56.4 Å². The van der Waals surface area contributed by atoms with Gasteiger partial charge in [0.25, 0.3) is 5.91 Å². The highest BCUT2D eigenvalue weighted by molar-refractivity contribution is 9.10. The number of halogens is 3. The molecular weight excluding hydrogens is 499 g/mol. The molecule has 2 aliphatic rings. The lowest BCUT2D eigenvalue weighted by Crippen LogP contribution is -2.48. The Balaban J connectivity index is 1.71. The SMILES string of the molecule is CC[C@H]1C(C(=O)NN2CCCCC2)=NN(c2ccc(Cl)cc2Cl)[C@H]1c1ccc(Br)cc1. The Bertz CT molecular complexity index is 976. The Morgan fingerprint density at radius 3 is 2.48 bits per heavy atom. The highest BCUT2D eigenvalue weighted by atomic mass is 79.9. The number of carbonyl (C=O) groups is 1. The zero-order chi connectivity index (χ0) is 22.0. The van der Waals surface area contributed by atoms with Gasteiger partial charge in [-0.2, -0.15) is 5.10 Å². The van der Waals surface area contributed by atoms with E-state index >= 15 is 0 Å². The Morgan fingerprint density at radius 2 is 1.84 bits per heavy atom. The number of hydrazone groups is 1. The van der Waals surface area contributed by atoms with Crippen LogP contribution in [0, 0.1) is 5.92 Å². The molecule has 2 aromatic rings. The first-order chi connectivity index (χ1) is 15.0. The van der Waals surface area contributed by atoms with E-state index in [2.05, 4.69) is 40.4 Å². The topological polar surface area (TPSA) is 47.9 Å². The van der Waals surface area contributed by atoms with Crippen LogP contribution in [0.2, 0.25) is 10.0 Å². The summed E-state index contributed by atoms with van der Waals surface area (Å²) in [4.78, 5) is 13.3. The van der Waals surface area contributed by atoms with Gasteiger partial charge in [-0.3, -0.25) is 15.2 Å². The lowest BCUT2D eigenvalue weighted by atomic mass is 9.87. The third kappa shape index (κ3) is 4.92. The van der Waals surface area contributed by atoms with Crippen molar-refractivity contribution in [3.05, 3.63) is 62.5 Å². The summed E-state index contributed by atoms with van der Waals surface area (Å²) in [5, 5.41) is 9.77. The number of rotatable bonds is 5. The van der Waals surface area contributed by atoms with Crippen molar-refractivity contribution in [3.8, 4) is 0 Å². The number of piperidine rings is 1. The van der Waals surface area contributed by atoms with E-state index < -0.39 is 0 Å². The van der Waals surface area contributed by atoms with Crippen LogP contribution in [-0.4, -0.2) is 29.7 Å². The van der Waals surface area contributed by atoms with E-state index in [-0.39, 0.29) is 17.9 Å². The molecule has 0 aliphatic carbocycles. The highest BCUT2D eigenvalue weighted by Gasteiger charge is 2.42. The molecule has 164 valence electrons. The normalized spacial score (nSPS) is 21.8. The average Bonchev–Trinajstić information content (AvgIpc) is 3.14. The van der Waals surface area contributed by atoms with E-state index in [1.54, 1.807) is 12.1 Å². The van der Waals surface area contributed by atoms with Crippen molar-refractivity contribution in [2.45, 2.75) is 38.6 Å². The summed E-state index contributed by atoms with van der Waals surface area (Å²) in [6.45, 7) is 3.84. The highest BCUT2D eigenvalue weighted by Crippen LogP contribution is 2.43. The smallest absolute Gasteiger partial charge is 0.282 e. The number of anilines is 1. The molecule has 0 unspecified atom stereocenters. The fourth-order valence-corrected chi connectivity index (χ4v) is 5.07. The van der Waals surface area contributed by atoms with Crippen molar-refractivity contribution in [2.75, 3.05) is 18.1 Å². The van der Waals surface area contributed by atoms with Gasteiger partial charge in [-0.15, -0.1) is 0 Å². The van der Waals surface area contributed by atoms with E-state index in [1.165, 1.54) is 6.42 Å². The average molecular weight is 524 g/mol. The molecule has 1 fully saturated rings. The fourth-order valence-electron chi connectivity index (χ4n) is 4.31. The molecule has 31 heavy (non-hydrogen) atoms. The van der Waals surface area contributed by atoms with Crippen LogP contribution in [0.1, 0.15) is 44.2 Å². The van der Waals surface area contributed by atoms with Gasteiger partial charge in [0.05, 0.1) is 16.8 Å². The summed E-state index contributed by atoms with van der Waals surface area (Å²) >= 11 is 16.2. The Kier molecular flexibility index (Phi) is 7.22. The minimum absolute atomic E-state index is 0.0716. The van der Waals surface area contributed by atoms with Gasteiger partial charge >= 0.3 is 0 Å². The van der Waals surface area contributed by atoms with E-state index in [1.807, 2.05) is 28.2 Å². The maximum absolute atomic E-state index is 13.3. The van der Waals surface area contributed by atoms with Crippen molar-refractivity contribution in [3.63, 3.8) is 0 Å². The molecule has 2 aliphatic heterocycles. The van der Waals surface area contributed by atoms with Gasteiger partial charge in [-0.05, 0) is 55.2 Å². The standard InChI is InChI=1S/C23H25BrCl2N4O/c1-2-18-21(23(31)28-29-12-4-3-5-13-29)27-30(20-11-10-17(25)14-19(20)26)22(18)15-6-8-16(24)9-7-15/h6-11,14,18,22H,2-5,12-13H2,1H3,(H,28,31)/t18-,22-/m0/s1. The maximum Gasteiger partial charge on any atom is 0.282 e. The number of nitrogens with one attached hydrogen (secondary N) is 1. The van der Waals surface area contributed by atoms with Crippen molar-refractivity contribution in [2.24, 2.45) is 11.0 Å². The van der Waals surface area contributed by atoms with Gasteiger partial charge in [-0.25, -0.2) is 5.01 Å². The maximum atomic E-state index is 13.3. The van der Waals surface area contributed by atoms with Crippen molar-refractivity contribution in [1.82, 2.24) is 10.4 Å². The van der Waals surface area contributed by atoms with Gasteiger partial charge in [0.2, 0.25) is 0 Å².